The van der Waals surface area contributed by atoms with Gasteiger partial charge in [-0.05, 0) is 144 Å². The Kier molecular flexibility index (Phi) is 11.0. The first-order valence-corrected chi connectivity index (χ1v) is 26.9. The van der Waals surface area contributed by atoms with Crippen LogP contribution in [0.3, 0.4) is 0 Å². The molecule has 8 aromatic carbocycles. The third-order valence-corrected chi connectivity index (χ3v) is 16.1. The molecule has 0 amide bonds. The summed E-state index contributed by atoms with van der Waals surface area (Å²) >= 11 is 0. The SMILES string of the molecule is [2H]c1cc2c3c(c1)N(c1ccc(C(C)(C)C)cc1)c1c(cc4c5ccccc5n(C)c4c1N(c1ccc(C(C)(C)C)cc1)c1ccc(C(C)(C)C)cc1)B3c1cc(C(C)(C)C)ccc1N2c1ccc(C(C)(C)C)cc1. The van der Waals surface area contributed by atoms with Crippen molar-refractivity contribution in [1.82, 2.24) is 4.57 Å². The minimum atomic E-state index is -0.186. The van der Waals surface area contributed by atoms with E-state index in [1.54, 1.807) is 0 Å². The van der Waals surface area contributed by atoms with Gasteiger partial charge < -0.3 is 19.3 Å². The Labute approximate surface area is 444 Å². The summed E-state index contributed by atoms with van der Waals surface area (Å²) in [6, 6.07) is 60.5. The fourth-order valence-electron chi connectivity index (χ4n) is 11.7. The molecule has 1 aromatic heterocycles. The second kappa shape index (κ2) is 17.0. The van der Waals surface area contributed by atoms with Crippen molar-refractivity contribution in [1.29, 1.82) is 0 Å². The van der Waals surface area contributed by atoms with E-state index < -0.39 is 0 Å². The van der Waals surface area contributed by atoms with Crippen molar-refractivity contribution in [3.63, 3.8) is 0 Å². The summed E-state index contributed by atoms with van der Waals surface area (Å²) in [6.45, 7) is 34.3. The number of anilines is 9. The molecule has 2 aliphatic rings. The molecule has 0 unspecified atom stereocenters. The Morgan fingerprint density at radius 2 is 0.851 bits per heavy atom. The van der Waals surface area contributed by atoms with E-state index in [0.29, 0.717) is 6.04 Å². The molecule has 0 aliphatic carbocycles. The number of rotatable bonds is 5. The highest BCUT2D eigenvalue weighted by Gasteiger charge is 2.46. The van der Waals surface area contributed by atoms with Crippen molar-refractivity contribution in [2.75, 3.05) is 14.7 Å². The molecule has 2 aliphatic heterocycles. The van der Waals surface area contributed by atoms with E-state index in [9.17, 15) is 1.37 Å². The smallest absolute Gasteiger partial charge is 0.252 e. The molecule has 0 radical (unpaired) electrons. The zero-order valence-corrected chi connectivity index (χ0v) is 46.9. The standard InChI is InChI=1S/C69H75BN4/c1-65(2,3)44-24-33-49(34-25-44)72(50-35-26-45(27-36-50)66(4,5)6)64-62-54(53-20-17-18-21-57(53)71(62)16)43-56-63(64)74(52-39-30-47(31-40-52)68(10,11)12)60-23-19-22-59-61(60)70(56)55-42-48(69(13,14)15)32-41-58(55)73(59)51-37-28-46(29-38-51)67(7,8)9/h17-43H,1-16H3/i19D. The Morgan fingerprint density at radius 3 is 1.34 bits per heavy atom. The van der Waals surface area contributed by atoms with Gasteiger partial charge in [-0.2, -0.15) is 0 Å². The summed E-state index contributed by atoms with van der Waals surface area (Å²) in [4.78, 5) is 7.52. The molecule has 5 heteroatoms. The number of hydrogen-bond donors (Lipinski definition) is 0. The fraction of sp³-hybridized carbons (Fsp3) is 0.304. The van der Waals surface area contributed by atoms with Crippen molar-refractivity contribution in [2.24, 2.45) is 7.05 Å². The van der Waals surface area contributed by atoms with Crippen LogP contribution >= 0.6 is 0 Å². The molecule has 374 valence electrons. The molecule has 0 saturated heterocycles. The average molecular weight is 972 g/mol. The van der Waals surface area contributed by atoms with Crippen LogP contribution in [0.4, 0.5) is 51.2 Å². The largest absolute Gasteiger partial charge is 0.342 e. The lowest BCUT2D eigenvalue weighted by Gasteiger charge is -2.46. The molecule has 0 spiro atoms. The minimum absolute atomic E-state index is 0.000152. The van der Waals surface area contributed by atoms with Crippen LogP contribution in [0.15, 0.2) is 164 Å². The quantitative estimate of drug-likeness (QED) is 0.160. The van der Waals surface area contributed by atoms with Crippen molar-refractivity contribution in [3.8, 4) is 0 Å². The van der Waals surface area contributed by atoms with E-state index >= 15 is 0 Å². The summed E-state index contributed by atoms with van der Waals surface area (Å²) < 4.78 is 12.3. The van der Waals surface area contributed by atoms with Crippen molar-refractivity contribution in [3.05, 3.63) is 192 Å². The molecule has 4 nitrogen and oxygen atoms in total. The van der Waals surface area contributed by atoms with Crippen LogP contribution in [0.5, 0.6) is 0 Å². The summed E-state index contributed by atoms with van der Waals surface area (Å²) in [5.74, 6) is 0. The molecule has 11 rings (SSSR count). The molecular formula is C69H75BN4. The summed E-state index contributed by atoms with van der Waals surface area (Å²) in [5, 5.41) is 2.43. The van der Waals surface area contributed by atoms with Gasteiger partial charge in [0.25, 0.3) is 6.71 Å². The number of para-hydroxylation sites is 1. The van der Waals surface area contributed by atoms with E-state index in [1.165, 1.54) is 60.5 Å². The van der Waals surface area contributed by atoms with Crippen molar-refractivity contribution in [2.45, 2.75) is 131 Å². The monoisotopic (exact) mass is 972 g/mol. The lowest BCUT2D eigenvalue weighted by molar-refractivity contribution is 0.590. The van der Waals surface area contributed by atoms with Crippen LogP contribution in [-0.4, -0.2) is 11.3 Å². The molecule has 9 aromatic rings. The number of hydrogen-bond acceptors (Lipinski definition) is 3. The maximum absolute atomic E-state index is 9.91. The summed E-state index contributed by atoms with van der Waals surface area (Å²) in [5.41, 5.74) is 22.0. The number of aromatic nitrogens is 1. The number of fused-ring (bicyclic) bond motifs is 7. The predicted molar refractivity (Wildman–Crippen MR) is 323 cm³/mol. The van der Waals surface area contributed by atoms with Gasteiger partial charge in [0.1, 0.15) is 0 Å². The van der Waals surface area contributed by atoms with Gasteiger partial charge in [0, 0.05) is 63.1 Å². The summed E-state index contributed by atoms with van der Waals surface area (Å²) in [7, 11) is 2.25. The van der Waals surface area contributed by atoms with Crippen molar-refractivity contribution >= 4 is 96.1 Å². The number of nitrogens with zero attached hydrogens (tertiary/aromatic N) is 4. The lowest BCUT2D eigenvalue weighted by atomic mass is 9.33. The maximum atomic E-state index is 9.91. The molecule has 0 atom stereocenters. The molecular weight excluding hydrogens is 896 g/mol. The van der Waals surface area contributed by atoms with Gasteiger partial charge in [-0.1, -0.05) is 195 Å². The third kappa shape index (κ3) is 8.13. The molecule has 0 N–H and O–H groups in total. The van der Waals surface area contributed by atoms with Crippen LogP contribution in [0, 0.1) is 0 Å². The highest BCUT2D eigenvalue weighted by atomic mass is 15.2. The zero-order valence-electron chi connectivity index (χ0n) is 47.9. The first-order chi connectivity index (χ1) is 35.2. The van der Waals surface area contributed by atoms with Gasteiger partial charge in [0.05, 0.1) is 18.3 Å². The molecule has 74 heavy (non-hydrogen) atoms. The lowest BCUT2D eigenvalue weighted by Crippen LogP contribution is -2.61. The van der Waals surface area contributed by atoms with Crippen LogP contribution in [0.25, 0.3) is 21.8 Å². The minimum Gasteiger partial charge on any atom is -0.342 e. The Morgan fingerprint density at radius 1 is 0.419 bits per heavy atom. The van der Waals surface area contributed by atoms with E-state index in [1.807, 2.05) is 0 Å². The molecule has 0 bridgehead atoms. The summed E-state index contributed by atoms with van der Waals surface area (Å²) in [6.07, 6.45) is 0. The van der Waals surface area contributed by atoms with Crippen molar-refractivity contribution < 1.29 is 1.37 Å². The molecule has 0 fully saturated rings. The van der Waals surface area contributed by atoms with Gasteiger partial charge in [-0.25, -0.2) is 0 Å². The fourth-order valence-corrected chi connectivity index (χ4v) is 11.7. The van der Waals surface area contributed by atoms with Gasteiger partial charge in [0.2, 0.25) is 0 Å². The Bertz CT molecular complexity index is 3620. The normalized spacial score (nSPS) is 14.1. The van der Waals surface area contributed by atoms with Crippen LogP contribution in [0.1, 0.15) is 133 Å². The van der Waals surface area contributed by atoms with Gasteiger partial charge >= 0.3 is 0 Å². The topological polar surface area (TPSA) is 14.7 Å². The Balaban J connectivity index is 1.33. The zero-order chi connectivity index (χ0) is 53.5. The average Bonchev–Trinajstić information content (AvgIpc) is 3.65. The first kappa shape index (κ1) is 48.0. The predicted octanol–water partition coefficient (Wildman–Crippen LogP) is 17.4. The van der Waals surface area contributed by atoms with E-state index in [0.717, 1.165) is 56.7 Å². The van der Waals surface area contributed by atoms with Gasteiger partial charge in [-0.15, -0.1) is 0 Å². The third-order valence-electron chi connectivity index (χ3n) is 16.1. The second-order valence-electron chi connectivity index (χ2n) is 26.4. The Hall–Kier alpha value is -6.98. The van der Waals surface area contributed by atoms with Crippen LogP contribution < -0.4 is 31.1 Å². The number of aryl methyl sites for hydroxylation is 1. The van der Waals surface area contributed by atoms with Gasteiger partial charge in [0.15, 0.2) is 0 Å². The van der Waals surface area contributed by atoms with E-state index in [4.69, 9.17) is 0 Å². The van der Waals surface area contributed by atoms with Crippen LogP contribution in [-0.2, 0) is 34.1 Å². The van der Waals surface area contributed by atoms with E-state index in [-0.39, 0.29) is 33.8 Å². The van der Waals surface area contributed by atoms with E-state index in [2.05, 4.69) is 288 Å². The highest BCUT2D eigenvalue weighted by Crippen LogP contribution is 2.53. The maximum Gasteiger partial charge on any atom is 0.252 e. The molecule has 3 heterocycles. The second-order valence-corrected chi connectivity index (χ2v) is 26.4. The molecule has 0 saturated carbocycles. The highest BCUT2D eigenvalue weighted by molar-refractivity contribution is 7.00. The first-order valence-electron chi connectivity index (χ1n) is 27.4. The van der Waals surface area contributed by atoms with Gasteiger partial charge in [-0.3, -0.25) is 0 Å². The van der Waals surface area contributed by atoms with Crippen LogP contribution in [0.2, 0.25) is 0 Å². The number of benzene rings is 8.